The van der Waals surface area contributed by atoms with Crippen molar-refractivity contribution in [1.82, 2.24) is 5.32 Å². The highest BCUT2D eigenvalue weighted by atomic mass is 32.2. The summed E-state index contributed by atoms with van der Waals surface area (Å²) in [4.78, 5) is 10.8. The fourth-order valence-corrected chi connectivity index (χ4v) is 2.20. The number of aromatic carboxylic acids is 1. The number of ether oxygens (including phenoxy) is 1. The third kappa shape index (κ3) is 6.03. The number of rotatable bonds is 9. The molecule has 0 bridgehead atoms. The summed E-state index contributed by atoms with van der Waals surface area (Å²) in [7, 11) is -2.94. The first-order valence-corrected chi connectivity index (χ1v) is 8.14. The van der Waals surface area contributed by atoms with Gasteiger partial charge in [0.25, 0.3) is 0 Å². The Labute approximate surface area is 118 Å². The van der Waals surface area contributed by atoms with Gasteiger partial charge in [-0.1, -0.05) is 13.0 Å². The van der Waals surface area contributed by atoms with Gasteiger partial charge in [-0.2, -0.15) is 0 Å². The van der Waals surface area contributed by atoms with Crippen LogP contribution in [0.25, 0.3) is 0 Å². The van der Waals surface area contributed by atoms with E-state index in [2.05, 4.69) is 5.32 Å². The molecule has 0 unspecified atom stereocenters. The van der Waals surface area contributed by atoms with E-state index in [-0.39, 0.29) is 17.1 Å². The molecule has 0 aliphatic carbocycles. The number of hydrogen-bond acceptors (Lipinski definition) is 5. The number of benzene rings is 1. The van der Waals surface area contributed by atoms with Crippen molar-refractivity contribution in [1.29, 1.82) is 0 Å². The molecule has 7 heteroatoms. The second kappa shape index (κ2) is 7.86. The van der Waals surface area contributed by atoms with Crippen LogP contribution in [0.3, 0.4) is 0 Å². The van der Waals surface area contributed by atoms with Crippen LogP contribution in [-0.2, 0) is 9.84 Å². The maximum absolute atomic E-state index is 11.2. The number of nitrogens with one attached hydrogen (secondary N) is 1. The quantitative estimate of drug-likeness (QED) is 0.655. The Bertz CT molecular complexity index is 541. The molecule has 0 aliphatic rings. The molecule has 6 nitrogen and oxygen atoms in total. The molecule has 20 heavy (non-hydrogen) atoms. The summed E-state index contributed by atoms with van der Waals surface area (Å²) in [6, 6.07) is 6.22. The molecule has 0 amide bonds. The van der Waals surface area contributed by atoms with Gasteiger partial charge in [0.05, 0.1) is 11.3 Å². The summed E-state index contributed by atoms with van der Waals surface area (Å²) >= 11 is 0. The predicted octanol–water partition coefficient (Wildman–Crippen LogP) is 0.788. The van der Waals surface area contributed by atoms with E-state index < -0.39 is 15.8 Å². The van der Waals surface area contributed by atoms with Crippen LogP contribution in [0, 0.1) is 0 Å². The minimum atomic E-state index is -2.94. The Hall–Kier alpha value is -1.60. The molecule has 0 saturated carbocycles. The Morgan fingerprint density at radius 3 is 2.75 bits per heavy atom. The van der Waals surface area contributed by atoms with Gasteiger partial charge in [-0.15, -0.1) is 0 Å². The van der Waals surface area contributed by atoms with E-state index in [0.717, 1.165) is 0 Å². The zero-order chi connectivity index (χ0) is 15.0. The van der Waals surface area contributed by atoms with Gasteiger partial charge in [0, 0.05) is 18.8 Å². The molecular formula is C13H19NO5S. The standard InChI is InChI=1S/C13H19NO5S/c1-2-20(17,18)9-7-14-6-8-19-12-5-3-4-11(10-12)13(15)16/h3-5,10,14H,2,6-9H2,1H3,(H,15,16). The number of carbonyl (C=O) groups is 1. The fourth-order valence-electron chi connectivity index (χ4n) is 1.46. The summed E-state index contributed by atoms with van der Waals surface area (Å²) in [5.41, 5.74) is 0.171. The van der Waals surface area contributed by atoms with Crippen molar-refractivity contribution in [3.63, 3.8) is 0 Å². The summed E-state index contributed by atoms with van der Waals surface area (Å²) < 4.78 is 27.8. The van der Waals surface area contributed by atoms with Gasteiger partial charge in [0.2, 0.25) is 0 Å². The average molecular weight is 301 g/mol. The first-order valence-electron chi connectivity index (χ1n) is 6.32. The Morgan fingerprint density at radius 1 is 1.35 bits per heavy atom. The SMILES string of the molecule is CCS(=O)(=O)CCNCCOc1cccc(C(=O)O)c1. The van der Waals surface area contributed by atoms with E-state index >= 15 is 0 Å². The molecule has 2 N–H and O–H groups in total. The molecule has 0 aromatic heterocycles. The van der Waals surface area contributed by atoms with Gasteiger partial charge in [-0.05, 0) is 18.2 Å². The van der Waals surface area contributed by atoms with Crippen LogP contribution in [0.4, 0.5) is 0 Å². The molecule has 1 aromatic rings. The number of carboxylic acid groups (broad SMARTS) is 1. The van der Waals surface area contributed by atoms with Gasteiger partial charge in [-0.25, -0.2) is 13.2 Å². The molecule has 0 saturated heterocycles. The van der Waals surface area contributed by atoms with E-state index in [1.54, 1.807) is 19.1 Å². The van der Waals surface area contributed by atoms with Crippen LogP contribution >= 0.6 is 0 Å². The summed E-state index contributed by atoms with van der Waals surface area (Å²) in [6.07, 6.45) is 0. The van der Waals surface area contributed by atoms with Gasteiger partial charge < -0.3 is 15.2 Å². The van der Waals surface area contributed by atoms with Crippen LogP contribution in [0.5, 0.6) is 5.75 Å². The van der Waals surface area contributed by atoms with Crippen molar-refractivity contribution >= 4 is 15.8 Å². The van der Waals surface area contributed by atoms with Crippen molar-refractivity contribution in [3.05, 3.63) is 29.8 Å². The minimum absolute atomic E-state index is 0.109. The maximum Gasteiger partial charge on any atom is 0.335 e. The molecular weight excluding hydrogens is 282 g/mol. The van der Waals surface area contributed by atoms with Crippen LogP contribution in [0.15, 0.2) is 24.3 Å². The highest BCUT2D eigenvalue weighted by Gasteiger charge is 2.06. The van der Waals surface area contributed by atoms with E-state index in [0.29, 0.717) is 25.4 Å². The highest BCUT2D eigenvalue weighted by Crippen LogP contribution is 2.12. The predicted molar refractivity (Wildman–Crippen MR) is 76.1 cm³/mol. The molecule has 0 spiro atoms. The van der Waals surface area contributed by atoms with E-state index in [1.807, 2.05) is 0 Å². The Kier molecular flexibility index (Phi) is 6.47. The monoisotopic (exact) mass is 301 g/mol. The normalized spacial score (nSPS) is 11.2. The zero-order valence-electron chi connectivity index (χ0n) is 11.3. The lowest BCUT2D eigenvalue weighted by molar-refractivity contribution is 0.0696. The average Bonchev–Trinajstić information content (AvgIpc) is 2.43. The Balaban J connectivity index is 2.25. The van der Waals surface area contributed by atoms with Crippen molar-refractivity contribution in [3.8, 4) is 5.75 Å². The van der Waals surface area contributed by atoms with Crippen LogP contribution in [-0.4, -0.2) is 50.7 Å². The molecule has 0 aliphatic heterocycles. The van der Waals surface area contributed by atoms with Crippen molar-refractivity contribution in [2.45, 2.75) is 6.92 Å². The third-order valence-electron chi connectivity index (χ3n) is 2.66. The van der Waals surface area contributed by atoms with Crippen molar-refractivity contribution in [2.75, 3.05) is 31.2 Å². The molecule has 0 atom stereocenters. The first-order chi connectivity index (χ1) is 9.44. The first kappa shape index (κ1) is 16.5. The number of carboxylic acids is 1. The molecule has 0 fully saturated rings. The second-order valence-electron chi connectivity index (χ2n) is 4.17. The van der Waals surface area contributed by atoms with Gasteiger partial charge in [-0.3, -0.25) is 0 Å². The summed E-state index contributed by atoms with van der Waals surface area (Å²) in [6.45, 7) is 2.84. The summed E-state index contributed by atoms with van der Waals surface area (Å²) in [5.74, 6) is -0.267. The van der Waals surface area contributed by atoms with Crippen LogP contribution < -0.4 is 10.1 Å². The zero-order valence-corrected chi connectivity index (χ0v) is 12.1. The lowest BCUT2D eigenvalue weighted by Gasteiger charge is -2.08. The van der Waals surface area contributed by atoms with Crippen molar-refractivity contribution in [2.24, 2.45) is 0 Å². The molecule has 0 heterocycles. The highest BCUT2D eigenvalue weighted by molar-refractivity contribution is 7.91. The van der Waals surface area contributed by atoms with E-state index in [4.69, 9.17) is 9.84 Å². The molecule has 0 radical (unpaired) electrons. The van der Waals surface area contributed by atoms with Crippen LogP contribution in [0.1, 0.15) is 17.3 Å². The van der Waals surface area contributed by atoms with Gasteiger partial charge in [0.1, 0.15) is 12.4 Å². The summed E-state index contributed by atoms with van der Waals surface area (Å²) in [5, 5.41) is 11.8. The van der Waals surface area contributed by atoms with Crippen molar-refractivity contribution < 1.29 is 23.1 Å². The maximum atomic E-state index is 11.2. The smallest absolute Gasteiger partial charge is 0.335 e. The molecule has 112 valence electrons. The van der Waals surface area contributed by atoms with E-state index in [9.17, 15) is 13.2 Å². The van der Waals surface area contributed by atoms with Gasteiger partial charge in [0.15, 0.2) is 9.84 Å². The third-order valence-corrected chi connectivity index (χ3v) is 4.36. The largest absolute Gasteiger partial charge is 0.492 e. The van der Waals surface area contributed by atoms with E-state index in [1.165, 1.54) is 12.1 Å². The number of sulfone groups is 1. The topological polar surface area (TPSA) is 92.7 Å². The lowest BCUT2D eigenvalue weighted by Crippen LogP contribution is -2.27. The fraction of sp³-hybridized carbons (Fsp3) is 0.462. The van der Waals surface area contributed by atoms with Gasteiger partial charge >= 0.3 is 5.97 Å². The Morgan fingerprint density at radius 2 is 2.10 bits per heavy atom. The molecule has 1 rings (SSSR count). The minimum Gasteiger partial charge on any atom is -0.492 e. The van der Waals surface area contributed by atoms with Crippen LogP contribution in [0.2, 0.25) is 0 Å². The lowest BCUT2D eigenvalue weighted by atomic mass is 10.2. The second-order valence-corrected chi connectivity index (χ2v) is 6.64. The number of hydrogen-bond donors (Lipinski definition) is 2. The molecule has 1 aromatic carbocycles.